The first-order valence-electron chi connectivity index (χ1n) is 8.68. The maximum absolute atomic E-state index is 12.8. The van der Waals surface area contributed by atoms with Crippen molar-refractivity contribution in [2.75, 3.05) is 12.3 Å². The quantitative estimate of drug-likeness (QED) is 0.816. The number of sulfone groups is 1. The third kappa shape index (κ3) is 4.31. The van der Waals surface area contributed by atoms with Crippen molar-refractivity contribution in [1.29, 1.82) is 0 Å². The van der Waals surface area contributed by atoms with Crippen LogP contribution in [-0.4, -0.2) is 31.5 Å². The average Bonchev–Trinajstić information content (AvgIpc) is 3.05. The minimum Gasteiger partial charge on any atom is -0.467 e. The Morgan fingerprint density at radius 1 is 1.08 bits per heavy atom. The fourth-order valence-electron chi connectivity index (χ4n) is 3.29. The molecule has 0 N–H and O–H groups in total. The van der Waals surface area contributed by atoms with Gasteiger partial charge in [-0.05, 0) is 37.1 Å². The monoisotopic (exact) mass is 361 g/mol. The fourth-order valence-corrected chi connectivity index (χ4v) is 4.55. The largest absolute Gasteiger partial charge is 0.467 e. The van der Waals surface area contributed by atoms with E-state index < -0.39 is 9.84 Å². The lowest BCUT2D eigenvalue weighted by Gasteiger charge is -2.28. The van der Waals surface area contributed by atoms with E-state index in [1.54, 1.807) is 41.5 Å². The summed E-state index contributed by atoms with van der Waals surface area (Å²) >= 11 is 0. The van der Waals surface area contributed by atoms with E-state index in [4.69, 9.17) is 4.42 Å². The molecule has 1 fully saturated rings. The second kappa shape index (κ2) is 7.87. The van der Waals surface area contributed by atoms with Crippen LogP contribution in [0.4, 0.5) is 0 Å². The van der Waals surface area contributed by atoms with Crippen LogP contribution in [0.25, 0.3) is 0 Å². The second-order valence-electron chi connectivity index (χ2n) is 6.35. The Balaban J connectivity index is 1.70. The summed E-state index contributed by atoms with van der Waals surface area (Å²) in [5, 5.41) is 0. The number of hydrogen-bond acceptors (Lipinski definition) is 4. The molecular formula is C19H23NO4S. The van der Waals surface area contributed by atoms with Gasteiger partial charge in [0.25, 0.3) is 0 Å². The zero-order chi connectivity index (χ0) is 17.7. The average molecular weight is 361 g/mol. The zero-order valence-corrected chi connectivity index (χ0v) is 15.0. The Hall–Kier alpha value is -2.08. The molecule has 1 aliphatic heterocycles. The fraction of sp³-hybridized carbons (Fsp3) is 0.421. The maximum atomic E-state index is 12.8. The van der Waals surface area contributed by atoms with Crippen molar-refractivity contribution in [3.05, 3.63) is 54.5 Å². The smallest absolute Gasteiger partial charge is 0.224 e. The van der Waals surface area contributed by atoms with E-state index in [1.165, 1.54) is 0 Å². The molecule has 0 aliphatic carbocycles. The molecule has 2 aromatic rings. The Kier molecular flexibility index (Phi) is 5.58. The summed E-state index contributed by atoms with van der Waals surface area (Å²) < 4.78 is 30.3. The molecule has 3 rings (SSSR count). The van der Waals surface area contributed by atoms with Crippen LogP contribution < -0.4 is 0 Å². The first-order valence-corrected chi connectivity index (χ1v) is 10.3. The van der Waals surface area contributed by atoms with Crippen LogP contribution in [0.3, 0.4) is 0 Å². The molecule has 0 saturated carbocycles. The third-order valence-corrected chi connectivity index (χ3v) is 6.36. The van der Waals surface area contributed by atoms with Gasteiger partial charge in [-0.2, -0.15) is 0 Å². The molecule has 2 heterocycles. The highest BCUT2D eigenvalue weighted by Gasteiger charge is 2.29. The summed E-state index contributed by atoms with van der Waals surface area (Å²) in [4.78, 5) is 14.8. The van der Waals surface area contributed by atoms with Gasteiger partial charge < -0.3 is 9.32 Å². The van der Waals surface area contributed by atoms with Gasteiger partial charge in [-0.15, -0.1) is 0 Å². The number of likely N-dealkylation sites (tertiary alicyclic amines) is 1. The van der Waals surface area contributed by atoms with E-state index in [2.05, 4.69) is 0 Å². The minimum absolute atomic E-state index is 0.00552. The Labute approximate surface area is 148 Å². The molecule has 5 nitrogen and oxygen atoms in total. The first kappa shape index (κ1) is 17.7. The van der Waals surface area contributed by atoms with Crippen LogP contribution in [-0.2, 0) is 14.6 Å². The number of rotatable bonds is 5. The van der Waals surface area contributed by atoms with Gasteiger partial charge in [0.15, 0.2) is 9.84 Å². The van der Waals surface area contributed by atoms with Crippen LogP contribution in [0.15, 0.2) is 58.0 Å². The Morgan fingerprint density at radius 2 is 1.88 bits per heavy atom. The van der Waals surface area contributed by atoms with E-state index in [0.29, 0.717) is 6.54 Å². The number of amides is 1. The van der Waals surface area contributed by atoms with Gasteiger partial charge in [0.05, 0.1) is 23.0 Å². The molecule has 0 bridgehead atoms. The highest BCUT2D eigenvalue weighted by atomic mass is 32.2. The predicted molar refractivity (Wildman–Crippen MR) is 94.7 cm³/mol. The molecule has 0 spiro atoms. The van der Waals surface area contributed by atoms with Crippen molar-refractivity contribution in [2.45, 2.75) is 43.0 Å². The van der Waals surface area contributed by atoms with E-state index in [0.717, 1.165) is 31.4 Å². The van der Waals surface area contributed by atoms with Gasteiger partial charge in [0, 0.05) is 13.0 Å². The summed E-state index contributed by atoms with van der Waals surface area (Å²) in [5.74, 6) is 0.487. The molecule has 1 aliphatic rings. The summed E-state index contributed by atoms with van der Waals surface area (Å²) in [7, 11) is -3.45. The number of furan rings is 1. The zero-order valence-electron chi connectivity index (χ0n) is 14.1. The highest BCUT2D eigenvalue weighted by molar-refractivity contribution is 7.91. The first-order chi connectivity index (χ1) is 12.1. The van der Waals surface area contributed by atoms with Crippen molar-refractivity contribution in [3.63, 3.8) is 0 Å². The topological polar surface area (TPSA) is 67.6 Å². The number of carbonyl (C=O) groups is 1. The van der Waals surface area contributed by atoms with Gasteiger partial charge in [0.2, 0.25) is 5.91 Å². The maximum Gasteiger partial charge on any atom is 0.224 e. The predicted octanol–water partition coefficient (Wildman–Crippen LogP) is 3.59. The summed E-state index contributed by atoms with van der Waals surface area (Å²) in [6, 6.07) is 11.9. The van der Waals surface area contributed by atoms with Gasteiger partial charge in [0.1, 0.15) is 5.76 Å². The molecule has 6 heteroatoms. The molecule has 1 amide bonds. The van der Waals surface area contributed by atoms with Gasteiger partial charge in [-0.1, -0.05) is 31.0 Å². The number of carbonyl (C=O) groups excluding carboxylic acids is 1. The van der Waals surface area contributed by atoms with Crippen molar-refractivity contribution < 1.29 is 17.6 Å². The number of benzene rings is 1. The second-order valence-corrected chi connectivity index (χ2v) is 8.46. The molecule has 1 aromatic heterocycles. The van der Waals surface area contributed by atoms with Crippen LogP contribution in [0.5, 0.6) is 0 Å². The third-order valence-electron chi connectivity index (χ3n) is 4.63. The minimum atomic E-state index is -3.45. The van der Waals surface area contributed by atoms with Crippen LogP contribution in [0.1, 0.15) is 43.9 Å². The molecule has 25 heavy (non-hydrogen) atoms. The van der Waals surface area contributed by atoms with Gasteiger partial charge in [-0.3, -0.25) is 4.79 Å². The normalized spacial score (nSPS) is 18.7. The molecule has 0 radical (unpaired) electrons. The molecule has 1 unspecified atom stereocenters. The molecule has 1 aromatic carbocycles. The van der Waals surface area contributed by atoms with Crippen molar-refractivity contribution in [1.82, 2.24) is 4.90 Å². The number of nitrogens with zero attached hydrogens (tertiary/aromatic N) is 1. The van der Waals surface area contributed by atoms with Crippen LogP contribution in [0, 0.1) is 0 Å². The Morgan fingerprint density at radius 3 is 2.60 bits per heavy atom. The van der Waals surface area contributed by atoms with E-state index in [-0.39, 0.29) is 29.0 Å². The summed E-state index contributed by atoms with van der Waals surface area (Å²) in [6.07, 6.45) is 5.51. The van der Waals surface area contributed by atoms with E-state index in [1.807, 2.05) is 12.1 Å². The molecule has 1 atom stereocenters. The standard InChI is InChI=1S/C19H23NO4S/c21-19(12-15-25(22,23)16-8-3-1-4-9-16)20-13-6-2-5-10-17(20)18-11-7-14-24-18/h1,3-4,7-9,11,14,17H,2,5-6,10,12-13,15H2. The summed E-state index contributed by atoms with van der Waals surface area (Å²) in [6.45, 7) is 0.648. The highest BCUT2D eigenvalue weighted by Crippen LogP contribution is 2.31. The summed E-state index contributed by atoms with van der Waals surface area (Å²) in [5.41, 5.74) is 0. The lowest BCUT2D eigenvalue weighted by molar-refractivity contribution is -0.133. The molecule has 1 saturated heterocycles. The SMILES string of the molecule is O=C(CCS(=O)(=O)c1ccccc1)N1CCCCCC1c1ccco1. The van der Waals surface area contributed by atoms with Crippen LogP contribution >= 0.6 is 0 Å². The van der Waals surface area contributed by atoms with Crippen molar-refractivity contribution in [3.8, 4) is 0 Å². The Bertz CT molecular complexity index is 784. The van der Waals surface area contributed by atoms with Crippen LogP contribution in [0.2, 0.25) is 0 Å². The number of hydrogen-bond donors (Lipinski definition) is 0. The van der Waals surface area contributed by atoms with Crippen molar-refractivity contribution in [2.24, 2.45) is 0 Å². The molecule has 134 valence electrons. The van der Waals surface area contributed by atoms with Crippen molar-refractivity contribution >= 4 is 15.7 Å². The molecular weight excluding hydrogens is 338 g/mol. The van der Waals surface area contributed by atoms with E-state index in [9.17, 15) is 13.2 Å². The van der Waals surface area contributed by atoms with Gasteiger partial charge in [-0.25, -0.2) is 8.42 Å². The lowest BCUT2D eigenvalue weighted by Crippen LogP contribution is -2.35. The lowest BCUT2D eigenvalue weighted by atomic mass is 10.1. The van der Waals surface area contributed by atoms with Gasteiger partial charge >= 0.3 is 0 Å². The van der Waals surface area contributed by atoms with E-state index >= 15 is 0 Å².